The summed E-state index contributed by atoms with van der Waals surface area (Å²) in [5.41, 5.74) is 5.68. The molecule has 22 heavy (non-hydrogen) atoms. The highest BCUT2D eigenvalue weighted by Crippen LogP contribution is 2.42. The Morgan fingerprint density at radius 1 is 0.864 bits per heavy atom. The van der Waals surface area contributed by atoms with Gasteiger partial charge in [0, 0.05) is 21.4 Å². The first-order valence-electron chi connectivity index (χ1n) is 8.14. The van der Waals surface area contributed by atoms with Crippen LogP contribution in [0, 0.1) is 0 Å². The van der Waals surface area contributed by atoms with Crippen molar-refractivity contribution in [1.29, 1.82) is 0 Å². The van der Waals surface area contributed by atoms with Crippen molar-refractivity contribution in [2.75, 3.05) is 0 Å². The smallest absolute Gasteiger partial charge is 0.0581 e. The van der Waals surface area contributed by atoms with E-state index >= 15 is 0 Å². The molecule has 2 aliphatic rings. The summed E-state index contributed by atoms with van der Waals surface area (Å²) in [6.45, 7) is 4.70. The summed E-state index contributed by atoms with van der Waals surface area (Å²) in [5, 5.41) is 4.22. The third-order valence-corrected chi connectivity index (χ3v) is 5.41. The number of para-hydroxylation sites is 2. The van der Waals surface area contributed by atoms with E-state index in [1.54, 1.807) is 0 Å². The molecule has 0 radical (unpaired) electrons. The number of hydrogen-bond acceptors (Lipinski definition) is 0. The van der Waals surface area contributed by atoms with Crippen LogP contribution >= 0.6 is 0 Å². The zero-order valence-electron chi connectivity index (χ0n) is 13.1. The Kier molecular flexibility index (Phi) is 2.19. The van der Waals surface area contributed by atoms with Gasteiger partial charge in [-0.05, 0) is 30.0 Å². The molecule has 0 unspecified atom stereocenters. The molecule has 3 aromatic rings. The summed E-state index contributed by atoms with van der Waals surface area (Å²) in [5.74, 6) is 0. The van der Waals surface area contributed by atoms with Crippen LogP contribution in [0.5, 0.6) is 0 Å². The lowest BCUT2D eigenvalue weighted by molar-refractivity contribution is 0.627. The maximum absolute atomic E-state index is 2.50. The first kappa shape index (κ1) is 12.3. The van der Waals surface area contributed by atoms with Gasteiger partial charge in [0.15, 0.2) is 0 Å². The molecule has 5 rings (SSSR count). The molecule has 0 amide bonds. The fourth-order valence-corrected chi connectivity index (χ4v) is 4.34. The molecule has 0 spiro atoms. The Balaban J connectivity index is 2.15. The molecule has 1 aromatic heterocycles. The molecule has 0 saturated carbocycles. The predicted octanol–water partition coefficient (Wildman–Crippen LogP) is 3.62. The summed E-state index contributed by atoms with van der Waals surface area (Å²) < 4.78 is 2.50. The molecule has 0 fully saturated rings. The van der Waals surface area contributed by atoms with E-state index in [4.69, 9.17) is 0 Å². The van der Waals surface area contributed by atoms with Crippen LogP contribution in [0.3, 0.4) is 0 Å². The van der Waals surface area contributed by atoms with Crippen LogP contribution in [0.1, 0.15) is 37.8 Å². The molecule has 1 aliphatic heterocycles. The lowest BCUT2D eigenvalue weighted by Crippen LogP contribution is -2.34. The highest BCUT2D eigenvalue weighted by Gasteiger charge is 2.34. The van der Waals surface area contributed by atoms with Gasteiger partial charge in [-0.3, -0.25) is 0 Å². The second kappa shape index (κ2) is 3.92. The van der Waals surface area contributed by atoms with E-state index in [1.807, 2.05) is 0 Å². The maximum Gasteiger partial charge on any atom is 0.0581 e. The average Bonchev–Trinajstić information content (AvgIpc) is 2.88. The van der Waals surface area contributed by atoms with E-state index in [9.17, 15) is 0 Å². The first-order valence-corrected chi connectivity index (χ1v) is 8.14. The highest BCUT2D eigenvalue weighted by atomic mass is 15.0. The SMILES string of the molecule is CC1(C)c2ccccc2-n2c3c(c4cccc1c42)=CCCC=3. The van der Waals surface area contributed by atoms with E-state index < -0.39 is 0 Å². The molecule has 1 heteroatoms. The van der Waals surface area contributed by atoms with Crippen LogP contribution in [-0.2, 0) is 5.41 Å². The van der Waals surface area contributed by atoms with Gasteiger partial charge >= 0.3 is 0 Å². The maximum atomic E-state index is 2.50. The molecule has 0 atom stereocenters. The molecule has 0 saturated heterocycles. The lowest BCUT2D eigenvalue weighted by atomic mass is 9.75. The average molecular weight is 285 g/mol. The summed E-state index contributed by atoms with van der Waals surface area (Å²) in [6, 6.07) is 15.7. The van der Waals surface area contributed by atoms with Gasteiger partial charge < -0.3 is 4.57 Å². The molecule has 0 N–H and O–H groups in total. The molecular formula is C21H19N. The topological polar surface area (TPSA) is 4.93 Å². The minimum absolute atomic E-state index is 0.0487. The van der Waals surface area contributed by atoms with Gasteiger partial charge in [0.25, 0.3) is 0 Å². The Morgan fingerprint density at radius 3 is 2.55 bits per heavy atom. The van der Waals surface area contributed by atoms with E-state index in [1.165, 1.54) is 38.3 Å². The molecule has 108 valence electrons. The number of aromatic nitrogens is 1. The summed E-state index contributed by atoms with van der Waals surface area (Å²) in [4.78, 5) is 0. The minimum Gasteiger partial charge on any atom is -0.309 e. The van der Waals surface area contributed by atoms with E-state index in [2.05, 4.69) is 73.0 Å². The van der Waals surface area contributed by atoms with Gasteiger partial charge in [-0.2, -0.15) is 0 Å². The predicted molar refractivity (Wildman–Crippen MR) is 92.8 cm³/mol. The zero-order chi connectivity index (χ0) is 14.9. The summed E-state index contributed by atoms with van der Waals surface area (Å²) in [6.07, 6.45) is 7.12. The van der Waals surface area contributed by atoms with Gasteiger partial charge in [0.05, 0.1) is 11.2 Å². The number of benzene rings is 2. The molecular weight excluding hydrogens is 266 g/mol. The number of hydrogen-bond donors (Lipinski definition) is 0. The van der Waals surface area contributed by atoms with Crippen LogP contribution in [0.4, 0.5) is 0 Å². The van der Waals surface area contributed by atoms with Crippen LogP contribution in [0.2, 0.25) is 0 Å². The van der Waals surface area contributed by atoms with Gasteiger partial charge in [0.2, 0.25) is 0 Å². The fourth-order valence-electron chi connectivity index (χ4n) is 4.34. The number of rotatable bonds is 0. The van der Waals surface area contributed by atoms with Crippen LogP contribution in [0.15, 0.2) is 42.5 Å². The van der Waals surface area contributed by atoms with Crippen molar-refractivity contribution in [3.05, 3.63) is 64.2 Å². The Labute approximate surface area is 130 Å². The van der Waals surface area contributed by atoms with Crippen molar-refractivity contribution in [3.63, 3.8) is 0 Å². The van der Waals surface area contributed by atoms with Crippen LogP contribution in [0.25, 0.3) is 28.7 Å². The summed E-state index contributed by atoms with van der Waals surface area (Å²) in [7, 11) is 0. The fraction of sp³-hybridized carbons (Fsp3) is 0.238. The monoisotopic (exact) mass is 285 g/mol. The number of nitrogens with zero attached hydrogens (tertiary/aromatic N) is 1. The van der Waals surface area contributed by atoms with E-state index in [-0.39, 0.29) is 5.41 Å². The molecule has 2 aromatic carbocycles. The Hall–Kier alpha value is -2.28. The largest absolute Gasteiger partial charge is 0.309 e. The Bertz CT molecular complexity index is 1050. The molecule has 1 aliphatic carbocycles. The third kappa shape index (κ3) is 1.30. The van der Waals surface area contributed by atoms with Gasteiger partial charge in [-0.1, -0.05) is 62.4 Å². The van der Waals surface area contributed by atoms with Crippen molar-refractivity contribution in [2.45, 2.75) is 32.1 Å². The molecule has 1 nitrogen and oxygen atoms in total. The van der Waals surface area contributed by atoms with E-state index in [0.29, 0.717) is 0 Å². The van der Waals surface area contributed by atoms with Crippen LogP contribution < -0.4 is 10.6 Å². The van der Waals surface area contributed by atoms with Gasteiger partial charge in [-0.25, -0.2) is 0 Å². The van der Waals surface area contributed by atoms with Crippen molar-refractivity contribution < 1.29 is 0 Å². The van der Waals surface area contributed by atoms with Crippen LogP contribution in [-0.4, -0.2) is 4.57 Å². The molecule has 0 bridgehead atoms. The lowest BCUT2D eigenvalue weighted by Gasteiger charge is -2.34. The van der Waals surface area contributed by atoms with Gasteiger partial charge in [-0.15, -0.1) is 0 Å². The minimum atomic E-state index is 0.0487. The van der Waals surface area contributed by atoms with Gasteiger partial charge in [0.1, 0.15) is 0 Å². The zero-order valence-corrected chi connectivity index (χ0v) is 13.1. The number of fused-ring (bicyclic) bond motifs is 5. The van der Waals surface area contributed by atoms with Crippen molar-refractivity contribution in [1.82, 2.24) is 4.57 Å². The van der Waals surface area contributed by atoms with E-state index in [0.717, 1.165) is 12.8 Å². The Morgan fingerprint density at radius 2 is 1.64 bits per heavy atom. The highest BCUT2D eigenvalue weighted by molar-refractivity contribution is 5.90. The standard InChI is InChI=1S/C21H19N/c1-21(2)16-10-4-6-13-19(16)22-18-12-5-3-8-14(18)15-9-7-11-17(21)20(15)22/h4,6-13H,3,5H2,1-2H3. The van der Waals surface area contributed by atoms with Crippen molar-refractivity contribution >= 4 is 23.1 Å². The quantitative estimate of drug-likeness (QED) is 0.594. The second-order valence-electron chi connectivity index (χ2n) is 6.96. The third-order valence-electron chi connectivity index (χ3n) is 5.41. The van der Waals surface area contributed by atoms with Crippen molar-refractivity contribution in [2.24, 2.45) is 0 Å². The first-order chi connectivity index (χ1) is 10.7. The normalized spacial score (nSPS) is 17.4. The van der Waals surface area contributed by atoms with Crippen molar-refractivity contribution in [3.8, 4) is 5.69 Å². The molecule has 2 heterocycles. The summed E-state index contributed by atoms with van der Waals surface area (Å²) >= 11 is 0. The second-order valence-corrected chi connectivity index (χ2v) is 6.96.